The van der Waals surface area contributed by atoms with E-state index in [0.717, 1.165) is 0 Å². The number of rotatable bonds is 7. The highest BCUT2D eigenvalue weighted by atomic mass is 16.4. The normalized spacial score (nSPS) is 16.8. The lowest BCUT2D eigenvalue weighted by Gasteiger charge is -2.24. The van der Waals surface area contributed by atoms with Gasteiger partial charge in [0.1, 0.15) is 0 Å². The van der Waals surface area contributed by atoms with E-state index >= 15 is 0 Å². The van der Waals surface area contributed by atoms with Gasteiger partial charge in [0.25, 0.3) is 0 Å². The molecule has 0 aliphatic heterocycles. The number of carboxylic acids is 1. The molecule has 15 heavy (non-hydrogen) atoms. The fraction of sp³-hybridized carbons (Fsp3) is 0.778. The fourth-order valence-corrected chi connectivity index (χ4v) is 1.29. The van der Waals surface area contributed by atoms with Crippen LogP contribution >= 0.6 is 0 Å². The van der Waals surface area contributed by atoms with E-state index < -0.39 is 23.3 Å². The van der Waals surface area contributed by atoms with Gasteiger partial charge in [0.2, 0.25) is 0 Å². The van der Waals surface area contributed by atoms with E-state index in [1.807, 2.05) is 0 Å². The smallest absolute Gasteiger partial charge is 0.331 e. The monoisotopic (exact) mass is 217 g/mol. The second-order valence-electron chi connectivity index (χ2n) is 3.68. The Kier molecular flexibility index (Phi) is 5.41. The van der Waals surface area contributed by atoms with Crippen molar-refractivity contribution in [3.05, 3.63) is 0 Å². The first-order valence-corrected chi connectivity index (χ1v) is 4.88. The van der Waals surface area contributed by atoms with Gasteiger partial charge in [-0.05, 0) is 32.7 Å². The van der Waals surface area contributed by atoms with E-state index in [1.165, 1.54) is 6.92 Å². The van der Waals surface area contributed by atoms with Crippen molar-refractivity contribution in [1.82, 2.24) is 0 Å². The number of carboxylic acid groups (broad SMARTS) is 1. The highest BCUT2D eigenvalue weighted by molar-refractivity contribution is 6.09. The number of ketones is 1. The molecule has 0 unspecified atom stereocenters. The van der Waals surface area contributed by atoms with Crippen LogP contribution in [0.2, 0.25) is 0 Å². The van der Waals surface area contributed by atoms with Crippen LogP contribution in [0.1, 0.15) is 26.2 Å². The van der Waals surface area contributed by atoms with Crippen molar-refractivity contribution in [2.75, 3.05) is 6.54 Å². The van der Waals surface area contributed by atoms with Crippen LogP contribution in [-0.4, -0.2) is 35.0 Å². The maximum atomic E-state index is 11.5. The van der Waals surface area contributed by atoms with Gasteiger partial charge in [0, 0.05) is 0 Å². The van der Waals surface area contributed by atoms with Crippen LogP contribution in [0.15, 0.2) is 0 Å². The van der Waals surface area contributed by atoms with Crippen LogP contribution in [0.4, 0.5) is 0 Å². The van der Waals surface area contributed by atoms with Crippen LogP contribution in [0.3, 0.4) is 0 Å². The summed E-state index contributed by atoms with van der Waals surface area (Å²) in [4.78, 5) is 22.5. The SMILES string of the molecule is C[C@H](N)C(=O)[C@](N)(CCCCN)C(=O)O. The second-order valence-corrected chi connectivity index (χ2v) is 3.68. The zero-order valence-electron chi connectivity index (χ0n) is 8.90. The minimum atomic E-state index is -1.87. The van der Waals surface area contributed by atoms with Crippen LogP contribution in [-0.2, 0) is 9.59 Å². The van der Waals surface area contributed by atoms with Crippen molar-refractivity contribution in [2.24, 2.45) is 17.2 Å². The molecule has 2 atom stereocenters. The summed E-state index contributed by atoms with van der Waals surface area (Å²) in [5.41, 5.74) is 14.3. The summed E-state index contributed by atoms with van der Waals surface area (Å²) >= 11 is 0. The zero-order valence-corrected chi connectivity index (χ0v) is 8.90. The van der Waals surface area contributed by atoms with Crippen molar-refractivity contribution < 1.29 is 14.7 Å². The third-order valence-electron chi connectivity index (χ3n) is 2.26. The number of unbranched alkanes of at least 4 members (excludes halogenated alkanes) is 1. The van der Waals surface area contributed by atoms with Gasteiger partial charge in [-0.2, -0.15) is 0 Å². The first kappa shape index (κ1) is 14.0. The van der Waals surface area contributed by atoms with Gasteiger partial charge in [-0.15, -0.1) is 0 Å². The lowest BCUT2D eigenvalue weighted by molar-refractivity contribution is -0.149. The summed E-state index contributed by atoms with van der Waals surface area (Å²) in [6.45, 7) is 1.87. The van der Waals surface area contributed by atoms with Crippen molar-refractivity contribution in [2.45, 2.75) is 37.8 Å². The van der Waals surface area contributed by atoms with Gasteiger partial charge in [-0.3, -0.25) is 4.79 Å². The Labute approximate surface area is 88.8 Å². The van der Waals surface area contributed by atoms with Gasteiger partial charge in [0.15, 0.2) is 11.3 Å². The zero-order chi connectivity index (χ0) is 12.1. The molecule has 0 spiro atoms. The summed E-state index contributed by atoms with van der Waals surface area (Å²) < 4.78 is 0. The Bertz CT molecular complexity index is 243. The average Bonchev–Trinajstić information content (AvgIpc) is 2.16. The lowest BCUT2D eigenvalue weighted by Crippen LogP contribution is -2.59. The molecule has 0 heterocycles. The maximum absolute atomic E-state index is 11.5. The predicted octanol–water partition coefficient (Wildman–Crippen LogP) is -1.19. The van der Waals surface area contributed by atoms with Gasteiger partial charge in [-0.25, -0.2) is 4.79 Å². The fourth-order valence-electron chi connectivity index (χ4n) is 1.29. The first-order valence-electron chi connectivity index (χ1n) is 4.88. The Morgan fingerprint density at radius 2 is 1.93 bits per heavy atom. The van der Waals surface area contributed by atoms with Crippen molar-refractivity contribution in [3.8, 4) is 0 Å². The number of nitrogens with two attached hydrogens (primary N) is 3. The molecule has 0 aliphatic rings. The van der Waals surface area contributed by atoms with Crippen LogP contribution in [0.5, 0.6) is 0 Å². The summed E-state index contributed by atoms with van der Waals surface area (Å²) in [6, 6.07) is -0.871. The highest BCUT2D eigenvalue weighted by Gasteiger charge is 2.42. The van der Waals surface area contributed by atoms with E-state index in [9.17, 15) is 9.59 Å². The van der Waals surface area contributed by atoms with E-state index in [4.69, 9.17) is 22.3 Å². The van der Waals surface area contributed by atoms with Crippen LogP contribution < -0.4 is 17.2 Å². The van der Waals surface area contributed by atoms with Gasteiger partial charge in [0.05, 0.1) is 6.04 Å². The molecule has 7 N–H and O–H groups in total. The number of Topliss-reactive ketones (excluding diaryl/α,β-unsaturated/α-hetero) is 1. The van der Waals surface area contributed by atoms with E-state index in [1.54, 1.807) is 0 Å². The van der Waals surface area contributed by atoms with E-state index in [-0.39, 0.29) is 6.42 Å². The third kappa shape index (κ3) is 3.58. The Hall–Kier alpha value is -0.980. The minimum absolute atomic E-state index is 0.0694. The van der Waals surface area contributed by atoms with Gasteiger partial charge >= 0.3 is 5.97 Å². The third-order valence-corrected chi connectivity index (χ3v) is 2.26. The van der Waals surface area contributed by atoms with Crippen molar-refractivity contribution in [1.29, 1.82) is 0 Å². The van der Waals surface area contributed by atoms with Crippen LogP contribution in [0.25, 0.3) is 0 Å². The molecule has 0 radical (unpaired) electrons. The lowest BCUT2D eigenvalue weighted by atomic mass is 9.86. The molecule has 0 aromatic heterocycles. The predicted molar refractivity (Wildman–Crippen MR) is 56.1 cm³/mol. The highest BCUT2D eigenvalue weighted by Crippen LogP contribution is 2.14. The van der Waals surface area contributed by atoms with Gasteiger partial charge in [-0.1, -0.05) is 0 Å². The molecule has 88 valence electrons. The van der Waals surface area contributed by atoms with Crippen LogP contribution in [0, 0.1) is 0 Å². The standard InChI is InChI=1S/C9H19N3O3/c1-6(11)7(13)9(12,8(14)15)4-2-3-5-10/h6H,2-5,10-12H2,1H3,(H,14,15)/t6-,9+/m0/s1. The van der Waals surface area contributed by atoms with Crippen molar-refractivity contribution >= 4 is 11.8 Å². The largest absolute Gasteiger partial charge is 0.480 e. The number of carbonyl (C=O) groups is 2. The number of hydrogen-bond donors (Lipinski definition) is 4. The minimum Gasteiger partial charge on any atom is -0.480 e. The molecule has 0 amide bonds. The van der Waals surface area contributed by atoms with E-state index in [2.05, 4.69) is 0 Å². The quantitative estimate of drug-likeness (QED) is 0.313. The topological polar surface area (TPSA) is 132 Å². The molecular formula is C9H19N3O3. The molecular weight excluding hydrogens is 198 g/mol. The Morgan fingerprint density at radius 3 is 2.27 bits per heavy atom. The Morgan fingerprint density at radius 1 is 1.40 bits per heavy atom. The van der Waals surface area contributed by atoms with Crippen molar-refractivity contribution in [3.63, 3.8) is 0 Å². The summed E-state index contributed by atoms with van der Waals surface area (Å²) in [5, 5.41) is 8.92. The average molecular weight is 217 g/mol. The Balaban J connectivity index is 4.60. The maximum Gasteiger partial charge on any atom is 0.331 e. The molecule has 6 heteroatoms. The molecule has 0 aromatic rings. The number of hydrogen-bond acceptors (Lipinski definition) is 5. The molecule has 0 rings (SSSR count). The molecule has 0 bridgehead atoms. The molecule has 0 saturated carbocycles. The summed E-state index contributed by atoms with van der Waals surface area (Å²) in [6.07, 6.45) is 1.20. The molecule has 0 fully saturated rings. The molecule has 0 aliphatic carbocycles. The molecule has 0 saturated heterocycles. The number of carbonyl (C=O) groups excluding carboxylic acids is 1. The number of aliphatic carboxylic acids is 1. The first-order chi connectivity index (χ1) is 6.86. The summed E-state index contributed by atoms with van der Waals surface area (Å²) in [5.74, 6) is -1.98. The second kappa shape index (κ2) is 5.79. The molecule has 0 aromatic carbocycles. The molecule has 6 nitrogen and oxygen atoms in total. The van der Waals surface area contributed by atoms with E-state index in [0.29, 0.717) is 19.4 Å². The summed E-state index contributed by atoms with van der Waals surface area (Å²) in [7, 11) is 0. The van der Waals surface area contributed by atoms with Gasteiger partial charge < -0.3 is 22.3 Å².